The van der Waals surface area contributed by atoms with E-state index in [4.69, 9.17) is 0 Å². The van der Waals surface area contributed by atoms with Crippen LogP contribution in [0.4, 0.5) is 0 Å². The SMILES string of the molecule is Cc1cccc2[nH]c(CCN(C)C(=O)C3CC3(C)C)nc12. The fourth-order valence-electron chi connectivity index (χ4n) is 2.88. The highest BCUT2D eigenvalue weighted by Crippen LogP contribution is 2.52. The molecule has 1 aliphatic rings. The summed E-state index contributed by atoms with van der Waals surface area (Å²) in [5.41, 5.74) is 3.48. The average molecular weight is 285 g/mol. The second-order valence-electron chi connectivity index (χ2n) is 6.91. The zero-order valence-corrected chi connectivity index (χ0v) is 13.2. The first-order valence-electron chi connectivity index (χ1n) is 7.58. The first-order valence-corrected chi connectivity index (χ1v) is 7.58. The van der Waals surface area contributed by atoms with Crippen LogP contribution in [-0.2, 0) is 11.2 Å². The van der Waals surface area contributed by atoms with Gasteiger partial charge in [-0.3, -0.25) is 4.79 Å². The number of carbonyl (C=O) groups is 1. The van der Waals surface area contributed by atoms with Gasteiger partial charge in [-0.1, -0.05) is 26.0 Å². The van der Waals surface area contributed by atoms with E-state index in [0.29, 0.717) is 6.54 Å². The van der Waals surface area contributed by atoms with Gasteiger partial charge in [0.05, 0.1) is 11.0 Å². The van der Waals surface area contributed by atoms with Crippen LogP contribution in [0, 0.1) is 18.3 Å². The van der Waals surface area contributed by atoms with Gasteiger partial charge in [-0.15, -0.1) is 0 Å². The molecule has 1 unspecified atom stereocenters. The van der Waals surface area contributed by atoms with Gasteiger partial charge in [0.25, 0.3) is 0 Å². The number of likely N-dealkylation sites (N-methyl/N-ethyl adjacent to an activating group) is 1. The zero-order chi connectivity index (χ0) is 15.2. The van der Waals surface area contributed by atoms with Crippen LogP contribution in [0.3, 0.4) is 0 Å². The molecule has 4 nitrogen and oxygen atoms in total. The molecule has 0 saturated heterocycles. The highest BCUT2D eigenvalue weighted by Gasteiger charge is 2.51. The molecule has 0 spiro atoms. The lowest BCUT2D eigenvalue weighted by Crippen LogP contribution is -2.31. The van der Waals surface area contributed by atoms with Crippen molar-refractivity contribution in [3.8, 4) is 0 Å². The number of fused-ring (bicyclic) bond motifs is 1. The summed E-state index contributed by atoms with van der Waals surface area (Å²) in [5.74, 6) is 1.43. The lowest BCUT2D eigenvalue weighted by molar-refractivity contribution is -0.131. The number of amides is 1. The standard InChI is InChI=1S/C17H23N3O/c1-11-6-5-7-13-15(11)19-14(18-13)8-9-20(4)16(21)12-10-17(12,2)3/h5-7,12H,8-10H2,1-4H3,(H,18,19). The number of hydrogen-bond donors (Lipinski definition) is 1. The Kier molecular flexibility index (Phi) is 3.27. The lowest BCUT2D eigenvalue weighted by atomic mass is 10.1. The summed E-state index contributed by atoms with van der Waals surface area (Å²) < 4.78 is 0. The Hall–Kier alpha value is -1.84. The molecular formula is C17H23N3O. The van der Waals surface area contributed by atoms with E-state index in [1.807, 2.05) is 24.1 Å². The summed E-state index contributed by atoms with van der Waals surface area (Å²) in [6.45, 7) is 7.10. The maximum absolute atomic E-state index is 12.3. The predicted octanol–water partition coefficient (Wildman–Crippen LogP) is 2.92. The predicted molar refractivity (Wildman–Crippen MR) is 84.1 cm³/mol. The number of rotatable bonds is 4. The van der Waals surface area contributed by atoms with Gasteiger partial charge in [-0.2, -0.15) is 0 Å². The third-order valence-electron chi connectivity index (χ3n) is 4.64. The first kappa shape index (κ1) is 14.1. The van der Waals surface area contributed by atoms with Gasteiger partial charge in [0.1, 0.15) is 5.82 Å². The van der Waals surface area contributed by atoms with Crippen LogP contribution in [0.2, 0.25) is 0 Å². The number of H-pyrrole nitrogens is 1. The molecular weight excluding hydrogens is 262 g/mol. The number of aryl methyl sites for hydroxylation is 1. The minimum Gasteiger partial charge on any atom is -0.345 e. The molecule has 0 bridgehead atoms. The summed E-state index contributed by atoms with van der Waals surface area (Å²) >= 11 is 0. The molecule has 1 aromatic carbocycles. The molecule has 1 saturated carbocycles. The monoisotopic (exact) mass is 285 g/mol. The molecule has 1 amide bonds. The molecule has 1 aliphatic carbocycles. The van der Waals surface area contributed by atoms with Crippen molar-refractivity contribution >= 4 is 16.9 Å². The van der Waals surface area contributed by atoms with Crippen molar-refractivity contribution < 1.29 is 4.79 Å². The van der Waals surface area contributed by atoms with Crippen LogP contribution in [0.25, 0.3) is 11.0 Å². The van der Waals surface area contributed by atoms with E-state index in [-0.39, 0.29) is 17.2 Å². The summed E-state index contributed by atoms with van der Waals surface area (Å²) in [6, 6.07) is 6.14. The van der Waals surface area contributed by atoms with Gasteiger partial charge in [0.2, 0.25) is 5.91 Å². The number of nitrogens with zero attached hydrogens (tertiary/aromatic N) is 2. The first-order chi connectivity index (χ1) is 9.88. The molecule has 1 heterocycles. The highest BCUT2D eigenvalue weighted by molar-refractivity contribution is 5.82. The molecule has 1 fully saturated rings. The van der Waals surface area contributed by atoms with E-state index in [1.165, 1.54) is 5.56 Å². The molecule has 3 rings (SSSR count). The molecule has 21 heavy (non-hydrogen) atoms. The van der Waals surface area contributed by atoms with Gasteiger partial charge >= 0.3 is 0 Å². The van der Waals surface area contributed by atoms with E-state index in [2.05, 4.69) is 36.8 Å². The van der Waals surface area contributed by atoms with Crippen LogP contribution in [-0.4, -0.2) is 34.4 Å². The minimum absolute atomic E-state index is 0.196. The summed E-state index contributed by atoms with van der Waals surface area (Å²) in [6.07, 6.45) is 1.78. The third kappa shape index (κ3) is 2.67. The molecule has 0 aliphatic heterocycles. The summed E-state index contributed by atoms with van der Waals surface area (Å²) in [7, 11) is 1.89. The minimum atomic E-state index is 0.196. The van der Waals surface area contributed by atoms with Crippen molar-refractivity contribution in [3.05, 3.63) is 29.6 Å². The third-order valence-corrected chi connectivity index (χ3v) is 4.64. The average Bonchev–Trinajstić information content (AvgIpc) is 2.87. The molecule has 112 valence electrons. The van der Waals surface area contributed by atoms with Crippen LogP contribution in [0.5, 0.6) is 0 Å². The Morgan fingerprint density at radius 2 is 2.19 bits per heavy atom. The van der Waals surface area contributed by atoms with Gasteiger partial charge < -0.3 is 9.88 Å². The van der Waals surface area contributed by atoms with E-state index in [1.54, 1.807) is 0 Å². The van der Waals surface area contributed by atoms with Crippen LogP contribution in [0.15, 0.2) is 18.2 Å². The Balaban J connectivity index is 1.64. The Morgan fingerprint density at radius 1 is 1.48 bits per heavy atom. The molecule has 0 radical (unpaired) electrons. The molecule has 1 aromatic heterocycles. The number of carbonyl (C=O) groups excluding carboxylic acids is 1. The maximum atomic E-state index is 12.3. The number of benzene rings is 1. The van der Waals surface area contributed by atoms with Crippen molar-refractivity contribution in [2.75, 3.05) is 13.6 Å². The smallest absolute Gasteiger partial charge is 0.225 e. The number of imidazole rings is 1. The van der Waals surface area contributed by atoms with Crippen molar-refractivity contribution in [3.63, 3.8) is 0 Å². The van der Waals surface area contributed by atoms with Gasteiger partial charge in [-0.05, 0) is 30.4 Å². The zero-order valence-electron chi connectivity index (χ0n) is 13.2. The van der Waals surface area contributed by atoms with Crippen LogP contribution >= 0.6 is 0 Å². The maximum Gasteiger partial charge on any atom is 0.225 e. The summed E-state index contributed by atoms with van der Waals surface area (Å²) in [5, 5.41) is 0. The van der Waals surface area contributed by atoms with Gasteiger partial charge in [0.15, 0.2) is 0 Å². The lowest BCUT2D eigenvalue weighted by Gasteiger charge is -2.17. The van der Waals surface area contributed by atoms with E-state index in [0.717, 1.165) is 29.7 Å². The van der Waals surface area contributed by atoms with Gasteiger partial charge in [0, 0.05) is 25.9 Å². The van der Waals surface area contributed by atoms with E-state index >= 15 is 0 Å². The number of para-hydroxylation sites is 1. The van der Waals surface area contributed by atoms with Crippen molar-refractivity contribution in [2.45, 2.75) is 33.6 Å². The van der Waals surface area contributed by atoms with E-state index < -0.39 is 0 Å². The highest BCUT2D eigenvalue weighted by atomic mass is 16.2. The topological polar surface area (TPSA) is 49.0 Å². The Bertz CT molecular complexity index is 686. The number of hydrogen-bond acceptors (Lipinski definition) is 2. The normalized spacial score (nSPS) is 19.7. The largest absolute Gasteiger partial charge is 0.345 e. The van der Waals surface area contributed by atoms with Gasteiger partial charge in [-0.25, -0.2) is 4.98 Å². The molecule has 4 heteroatoms. The van der Waals surface area contributed by atoms with Crippen molar-refractivity contribution in [2.24, 2.45) is 11.3 Å². The second kappa shape index (κ2) is 4.86. The fourth-order valence-corrected chi connectivity index (χ4v) is 2.88. The van der Waals surface area contributed by atoms with Crippen molar-refractivity contribution in [1.29, 1.82) is 0 Å². The van der Waals surface area contributed by atoms with E-state index in [9.17, 15) is 4.79 Å². The quantitative estimate of drug-likeness (QED) is 0.939. The van der Waals surface area contributed by atoms with Crippen LogP contribution < -0.4 is 0 Å². The van der Waals surface area contributed by atoms with Crippen LogP contribution in [0.1, 0.15) is 31.7 Å². The Morgan fingerprint density at radius 3 is 2.81 bits per heavy atom. The molecule has 1 atom stereocenters. The number of aromatic nitrogens is 2. The molecule has 1 N–H and O–H groups in total. The fraction of sp³-hybridized carbons (Fsp3) is 0.529. The molecule has 2 aromatic rings. The second-order valence-corrected chi connectivity index (χ2v) is 6.91. The Labute approximate surface area is 125 Å². The summed E-state index contributed by atoms with van der Waals surface area (Å²) in [4.78, 5) is 22.1. The van der Waals surface area contributed by atoms with Crippen molar-refractivity contribution in [1.82, 2.24) is 14.9 Å². The number of nitrogens with one attached hydrogen (secondary N) is 1. The number of aromatic amines is 1.